The van der Waals surface area contributed by atoms with Gasteiger partial charge in [0.1, 0.15) is 12.1 Å². The van der Waals surface area contributed by atoms with Gasteiger partial charge in [-0.05, 0) is 41.0 Å². The van der Waals surface area contributed by atoms with Gasteiger partial charge in [0.25, 0.3) is 0 Å². The van der Waals surface area contributed by atoms with E-state index in [2.05, 4.69) is 34.9 Å². The van der Waals surface area contributed by atoms with Crippen LogP contribution in [0.25, 0.3) is 11.1 Å². The number of hydrogen-bond donors (Lipinski definition) is 3. The van der Waals surface area contributed by atoms with Crippen molar-refractivity contribution < 1.29 is 29.0 Å². The summed E-state index contributed by atoms with van der Waals surface area (Å²) in [5, 5.41) is 14.8. The number of carboxylic acids is 1. The van der Waals surface area contributed by atoms with Crippen LogP contribution in [-0.4, -0.2) is 54.5 Å². The number of fused-ring (bicyclic) bond motifs is 3. The van der Waals surface area contributed by atoms with E-state index < -0.39 is 17.6 Å². The molecule has 35 heavy (non-hydrogen) atoms. The third kappa shape index (κ3) is 4.75. The molecule has 2 aromatic carbocycles. The van der Waals surface area contributed by atoms with Gasteiger partial charge in [-0.2, -0.15) is 0 Å². The van der Waals surface area contributed by atoms with Crippen LogP contribution in [0.3, 0.4) is 0 Å². The maximum atomic E-state index is 13.2. The largest absolute Gasteiger partial charge is 0.481 e. The lowest BCUT2D eigenvalue weighted by Gasteiger charge is -2.40. The van der Waals surface area contributed by atoms with Gasteiger partial charge >= 0.3 is 12.1 Å². The van der Waals surface area contributed by atoms with Crippen molar-refractivity contribution in [3.8, 4) is 11.1 Å². The Bertz CT molecular complexity index is 1070. The molecule has 2 fully saturated rings. The molecule has 0 atom stereocenters. The average Bonchev–Trinajstić information content (AvgIpc) is 3.15. The third-order valence-corrected chi connectivity index (χ3v) is 7.50. The minimum absolute atomic E-state index is 0.0613. The molecule has 1 aliphatic heterocycles. The SMILES string of the molecule is O=C(O)CC1CC(NC(=O)C2(NC(=O)OCC3c4ccccc4-c4ccccc43)CCOCC2)C1. The molecule has 1 saturated heterocycles. The van der Waals surface area contributed by atoms with Gasteiger partial charge in [0.05, 0.1) is 0 Å². The summed E-state index contributed by atoms with van der Waals surface area (Å²) in [6, 6.07) is 16.2. The molecule has 0 radical (unpaired) electrons. The second-order valence-electron chi connectivity index (χ2n) is 9.75. The third-order valence-electron chi connectivity index (χ3n) is 7.50. The zero-order valence-corrected chi connectivity index (χ0v) is 19.5. The molecule has 0 spiro atoms. The van der Waals surface area contributed by atoms with Gasteiger partial charge in [-0.3, -0.25) is 9.59 Å². The fraction of sp³-hybridized carbons (Fsp3) is 0.444. The number of ether oxygens (including phenoxy) is 2. The van der Waals surface area contributed by atoms with Gasteiger partial charge in [-0.1, -0.05) is 48.5 Å². The van der Waals surface area contributed by atoms with E-state index in [1.165, 1.54) is 0 Å². The van der Waals surface area contributed by atoms with Crippen molar-refractivity contribution in [1.29, 1.82) is 0 Å². The monoisotopic (exact) mass is 478 g/mol. The number of alkyl carbamates (subject to hydrolysis) is 1. The first kappa shape index (κ1) is 23.4. The lowest BCUT2D eigenvalue weighted by atomic mass is 9.77. The van der Waals surface area contributed by atoms with E-state index in [1.54, 1.807) is 0 Å². The van der Waals surface area contributed by atoms with Crippen LogP contribution in [0.15, 0.2) is 48.5 Å². The van der Waals surface area contributed by atoms with Crippen LogP contribution in [-0.2, 0) is 19.1 Å². The summed E-state index contributed by atoms with van der Waals surface area (Å²) in [6.07, 6.45) is 1.47. The van der Waals surface area contributed by atoms with Crippen molar-refractivity contribution in [2.45, 2.75) is 49.6 Å². The van der Waals surface area contributed by atoms with Crippen LogP contribution in [0.1, 0.15) is 49.1 Å². The topological polar surface area (TPSA) is 114 Å². The molecular formula is C27H30N2O6. The highest BCUT2D eigenvalue weighted by atomic mass is 16.5. The lowest BCUT2D eigenvalue weighted by Crippen LogP contribution is -2.63. The molecule has 0 bridgehead atoms. The number of carbonyl (C=O) groups excluding carboxylic acids is 2. The first-order chi connectivity index (χ1) is 16.9. The second kappa shape index (κ2) is 9.70. The highest BCUT2D eigenvalue weighted by Crippen LogP contribution is 2.44. The quantitative estimate of drug-likeness (QED) is 0.562. The van der Waals surface area contributed by atoms with Crippen molar-refractivity contribution in [2.24, 2.45) is 5.92 Å². The minimum Gasteiger partial charge on any atom is -0.481 e. The lowest BCUT2D eigenvalue weighted by molar-refractivity contribution is -0.139. The summed E-state index contributed by atoms with van der Waals surface area (Å²) in [6.45, 7) is 0.903. The number of benzene rings is 2. The van der Waals surface area contributed by atoms with Gasteiger partial charge in [0, 0.05) is 44.4 Å². The first-order valence-corrected chi connectivity index (χ1v) is 12.2. The van der Waals surface area contributed by atoms with E-state index >= 15 is 0 Å². The highest BCUT2D eigenvalue weighted by molar-refractivity contribution is 5.90. The molecule has 0 aromatic heterocycles. The molecule has 8 heteroatoms. The van der Waals surface area contributed by atoms with Crippen LogP contribution in [0.5, 0.6) is 0 Å². The van der Waals surface area contributed by atoms with Gasteiger partial charge in [0.15, 0.2) is 0 Å². The molecule has 3 N–H and O–H groups in total. The summed E-state index contributed by atoms with van der Waals surface area (Å²) in [5.41, 5.74) is 3.46. The van der Waals surface area contributed by atoms with Crippen LogP contribution in [0.2, 0.25) is 0 Å². The Balaban J connectivity index is 1.22. The second-order valence-corrected chi connectivity index (χ2v) is 9.75. The molecule has 0 unspecified atom stereocenters. The summed E-state index contributed by atoms with van der Waals surface area (Å²) in [4.78, 5) is 37.0. The summed E-state index contributed by atoms with van der Waals surface area (Å²) in [5.74, 6) is -1.06. The molecule has 2 aliphatic carbocycles. The van der Waals surface area contributed by atoms with Crippen molar-refractivity contribution in [3.63, 3.8) is 0 Å². The molecule has 184 valence electrons. The standard InChI is InChI=1S/C27H30N2O6/c30-24(31)15-17-13-18(14-17)28-25(32)27(9-11-34-12-10-27)29-26(33)35-16-23-21-7-3-1-5-19(21)20-6-2-4-8-22(20)23/h1-8,17-18,23H,9-16H2,(H,28,32)(H,29,33)(H,30,31). The number of hydrogen-bond acceptors (Lipinski definition) is 5. The summed E-state index contributed by atoms with van der Waals surface area (Å²) in [7, 11) is 0. The predicted octanol–water partition coefficient (Wildman–Crippen LogP) is 3.44. The maximum Gasteiger partial charge on any atom is 0.408 e. The van der Waals surface area contributed by atoms with E-state index in [0.29, 0.717) is 38.9 Å². The number of nitrogens with one attached hydrogen (secondary N) is 2. The fourth-order valence-electron chi connectivity index (χ4n) is 5.55. The smallest absolute Gasteiger partial charge is 0.408 e. The van der Waals surface area contributed by atoms with Gasteiger partial charge < -0.3 is 25.2 Å². The molecule has 3 aliphatic rings. The molecular weight excluding hydrogens is 448 g/mol. The maximum absolute atomic E-state index is 13.2. The van der Waals surface area contributed by atoms with Gasteiger partial charge in [0.2, 0.25) is 5.91 Å². The number of amides is 2. The van der Waals surface area contributed by atoms with E-state index in [4.69, 9.17) is 14.6 Å². The van der Waals surface area contributed by atoms with Gasteiger partial charge in [-0.25, -0.2) is 4.79 Å². The predicted molar refractivity (Wildman–Crippen MR) is 128 cm³/mol. The Kier molecular flexibility index (Phi) is 6.47. The zero-order chi connectivity index (χ0) is 24.4. The van der Waals surface area contributed by atoms with Crippen LogP contribution < -0.4 is 10.6 Å². The van der Waals surface area contributed by atoms with Crippen molar-refractivity contribution in [3.05, 3.63) is 59.7 Å². The Morgan fingerprint density at radius 2 is 1.57 bits per heavy atom. The van der Waals surface area contributed by atoms with E-state index in [-0.39, 0.29) is 36.8 Å². The number of carbonyl (C=O) groups is 3. The molecule has 1 heterocycles. The molecule has 8 nitrogen and oxygen atoms in total. The Morgan fingerprint density at radius 1 is 0.971 bits per heavy atom. The number of carboxylic acid groups (broad SMARTS) is 1. The Morgan fingerprint density at radius 3 is 2.17 bits per heavy atom. The fourth-order valence-corrected chi connectivity index (χ4v) is 5.55. The van der Waals surface area contributed by atoms with Crippen molar-refractivity contribution >= 4 is 18.0 Å². The van der Waals surface area contributed by atoms with Gasteiger partial charge in [-0.15, -0.1) is 0 Å². The highest BCUT2D eigenvalue weighted by Gasteiger charge is 2.44. The van der Waals surface area contributed by atoms with E-state index in [1.807, 2.05) is 24.3 Å². The first-order valence-electron chi connectivity index (χ1n) is 12.2. The molecule has 2 aromatic rings. The molecule has 5 rings (SSSR count). The normalized spacial score (nSPS) is 22.3. The van der Waals surface area contributed by atoms with E-state index in [0.717, 1.165) is 22.3 Å². The summed E-state index contributed by atoms with van der Waals surface area (Å²) < 4.78 is 11.1. The Hall–Kier alpha value is -3.39. The Labute approximate surface area is 204 Å². The van der Waals surface area contributed by atoms with Crippen molar-refractivity contribution in [2.75, 3.05) is 19.8 Å². The number of aliphatic carboxylic acids is 1. The summed E-state index contributed by atoms with van der Waals surface area (Å²) >= 11 is 0. The molecule has 1 saturated carbocycles. The van der Waals surface area contributed by atoms with E-state index in [9.17, 15) is 14.4 Å². The number of rotatable bonds is 7. The van der Waals surface area contributed by atoms with Crippen LogP contribution in [0, 0.1) is 5.92 Å². The van der Waals surface area contributed by atoms with Crippen LogP contribution in [0.4, 0.5) is 4.79 Å². The zero-order valence-electron chi connectivity index (χ0n) is 19.5. The average molecular weight is 479 g/mol. The van der Waals surface area contributed by atoms with Crippen molar-refractivity contribution in [1.82, 2.24) is 10.6 Å². The molecule has 2 amide bonds. The minimum atomic E-state index is -1.10. The van der Waals surface area contributed by atoms with Crippen LogP contribution >= 0.6 is 0 Å².